The van der Waals surface area contributed by atoms with Crippen LogP contribution in [0.5, 0.6) is 0 Å². The number of hydrogen-bond acceptors (Lipinski definition) is 1. The van der Waals surface area contributed by atoms with Crippen molar-refractivity contribution in [2.24, 2.45) is 17.3 Å². The monoisotopic (exact) mass is 381 g/mol. The largest absolute Gasteiger partial charge is 0.326 e. The lowest BCUT2D eigenvalue weighted by molar-refractivity contribution is -0.138. The Kier molecular flexibility index (Phi) is 3.40. The first kappa shape index (κ1) is 15.0. The lowest BCUT2D eigenvalue weighted by atomic mass is 9.49. The molecule has 2 unspecified atom stereocenters. The molecule has 4 heteroatoms. The predicted octanol–water partition coefficient (Wildman–Crippen LogP) is 5.27. The number of carbonyl (C=O) groups is 1. The second-order valence-corrected chi connectivity index (χ2v) is 9.47. The van der Waals surface area contributed by atoms with Gasteiger partial charge in [-0.15, -0.1) is 11.6 Å². The van der Waals surface area contributed by atoms with Gasteiger partial charge in [-0.05, 0) is 81.0 Å². The van der Waals surface area contributed by atoms with Crippen LogP contribution in [0.2, 0.25) is 0 Å². The molecule has 0 spiro atoms. The van der Waals surface area contributed by atoms with Gasteiger partial charge in [-0.25, -0.2) is 0 Å². The Morgan fingerprint density at radius 2 is 1.95 bits per heavy atom. The fourth-order valence-corrected chi connectivity index (χ4v) is 6.34. The van der Waals surface area contributed by atoms with Crippen LogP contribution in [-0.2, 0) is 4.79 Å². The highest BCUT2D eigenvalue weighted by Gasteiger charge is 2.60. The fourth-order valence-electron chi connectivity index (χ4n) is 5.40. The highest BCUT2D eigenvalue weighted by Crippen LogP contribution is 2.64. The normalized spacial score (nSPS) is 39.0. The first-order valence-electron chi connectivity index (χ1n) is 8.14. The highest BCUT2D eigenvalue weighted by molar-refractivity contribution is 9.10. The molecule has 4 atom stereocenters. The third-order valence-corrected chi connectivity index (χ3v) is 7.22. The molecule has 22 heavy (non-hydrogen) atoms. The number of anilines is 1. The first-order chi connectivity index (χ1) is 10.4. The summed E-state index contributed by atoms with van der Waals surface area (Å²) in [5.74, 6) is 1.49. The maximum absolute atomic E-state index is 13.0. The Bertz CT molecular complexity index is 630. The second-order valence-electron chi connectivity index (χ2n) is 7.81. The fraction of sp³-hybridized carbons (Fsp3) is 0.611. The molecule has 0 aliphatic heterocycles. The summed E-state index contributed by atoms with van der Waals surface area (Å²) in [5.41, 5.74) is 1.80. The molecule has 1 N–H and O–H groups in total. The summed E-state index contributed by atoms with van der Waals surface area (Å²) in [6.07, 6.45) is 6.41. The number of hydrogen-bond donors (Lipinski definition) is 1. The molecule has 1 amide bonds. The van der Waals surface area contributed by atoms with Crippen LogP contribution in [0, 0.1) is 24.2 Å². The van der Waals surface area contributed by atoms with Crippen LogP contribution in [0.3, 0.4) is 0 Å². The van der Waals surface area contributed by atoms with Crippen molar-refractivity contribution in [1.29, 1.82) is 0 Å². The average molecular weight is 383 g/mol. The van der Waals surface area contributed by atoms with Crippen molar-refractivity contribution in [3.8, 4) is 0 Å². The molecular weight excluding hydrogens is 362 g/mol. The maximum atomic E-state index is 13.0. The lowest BCUT2D eigenvalue weighted by Gasteiger charge is -2.59. The summed E-state index contributed by atoms with van der Waals surface area (Å²) in [6, 6.07) is 5.98. The summed E-state index contributed by atoms with van der Waals surface area (Å²) >= 11 is 10.3. The zero-order valence-corrected chi connectivity index (χ0v) is 15.1. The summed E-state index contributed by atoms with van der Waals surface area (Å²) in [5, 5.41) is 3.17. The van der Waals surface area contributed by atoms with E-state index in [1.165, 1.54) is 6.42 Å². The Morgan fingerprint density at radius 3 is 2.55 bits per heavy atom. The summed E-state index contributed by atoms with van der Waals surface area (Å²) < 4.78 is 1.07. The topological polar surface area (TPSA) is 29.1 Å². The van der Waals surface area contributed by atoms with Crippen molar-refractivity contribution in [2.75, 3.05) is 5.32 Å². The number of amides is 1. The number of benzene rings is 1. The number of aryl methyl sites for hydroxylation is 1. The second kappa shape index (κ2) is 4.98. The minimum atomic E-state index is -0.229. The minimum absolute atomic E-state index is 0.114. The van der Waals surface area contributed by atoms with Crippen LogP contribution in [0.15, 0.2) is 22.7 Å². The summed E-state index contributed by atoms with van der Waals surface area (Å²) in [6.45, 7) is 2.04. The van der Waals surface area contributed by atoms with Gasteiger partial charge in [0.05, 0.1) is 5.41 Å². The molecule has 0 aromatic heterocycles. The van der Waals surface area contributed by atoms with Crippen LogP contribution in [-0.4, -0.2) is 10.8 Å². The predicted molar refractivity (Wildman–Crippen MR) is 93.2 cm³/mol. The molecule has 1 aromatic rings. The van der Waals surface area contributed by atoms with Crippen molar-refractivity contribution in [1.82, 2.24) is 0 Å². The zero-order chi connectivity index (χ0) is 15.5. The van der Waals surface area contributed by atoms with Gasteiger partial charge in [-0.3, -0.25) is 4.79 Å². The molecule has 2 nitrogen and oxygen atoms in total. The molecule has 5 rings (SSSR count). The van der Waals surface area contributed by atoms with Crippen LogP contribution < -0.4 is 5.32 Å². The van der Waals surface area contributed by atoms with E-state index in [9.17, 15) is 4.79 Å². The molecule has 0 saturated heterocycles. The maximum Gasteiger partial charge on any atom is 0.230 e. The molecule has 4 fully saturated rings. The molecule has 0 radical (unpaired) electrons. The van der Waals surface area contributed by atoms with Gasteiger partial charge >= 0.3 is 0 Å². The zero-order valence-electron chi connectivity index (χ0n) is 12.8. The Morgan fingerprint density at radius 1 is 1.27 bits per heavy atom. The number of rotatable bonds is 2. The van der Waals surface area contributed by atoms with Gasteiger partial charge in [0.1, 0.15) is 0 Å². The Labute approximate surface area is 145 Å². The molecule has 4 aliphatic rings. The number of carbonyl (C=O) groups excluding carboxylic acids is 1. The van der Waals surface area contributed by atoms with Crippen molar-refractivity contribution in [3.05, 3.63) is 28.2 Å². The van der Waals surface area contributed by atoms with Gasteiger partial charge < -0.3 is 5.32 Å². The third kappa shape index (κ3) is 2.41. The third-order valence-electron chi connectivity index (χ3n) is 5.89. The lowest BCUT2D eigenvalue weighted by Crippen LogP contribution is -2.57. The Hall–Kier alpha value is -0.540. The van der Waals surface area contributed by atoms with Crippen LogP contribution in [0.25, 0.3) is 0 Å². The van der Waals surface area contributed by atoms with Crippen molar-refractivity contribution < 1.29 is 4.79 Å². The van der Waals surface area contributed by atoms with Gasteiger partial charge in [-0.1, -0.05) is 15.9 Å². The van der Waals surface area contributed by atoms with Crippen LogP contribution in [0.4, 0.5) is 5.69 Å². The van der Waals surface area contributed by atoms with Crippen molar-refractivity contribution in [3.63, 3.8) is 0 Å². The van der Waals surface area contributed by atoms with E-state index in [1.54, 1.807) is 0 Å². The molecule has 0 heterocycles. The summed E-state index contributed by atoms with van der Waals surface area (Å²) in [4.78, 5) is 12.9. The van der Waals surface area contributed by atoms with E-state index in [-0.39, 0.29) is 16.2 Å². The average Bonchev–Trinajstić information content (AvgIpc) is 2.40. The smallest absolute Gasteiger partial charge is 0.230 e. The quantitative estimate of drug-likeness (QED) is 0.693. The molecule has 118 valence electrons. The first-order valence-corrected chi connectivity index (χ1v) is 9.31. The van der Waals surface area contributed by atoms with Crippen LogP contribution >= 0.6 is 27.5 Å². The van der Waals surface area contributed by atoms with Gasteiger partial charge in [0, 0.05) is 15.0 Å². The van der Waals surface area contributed by atoms with Gasteiger partial charge in [-0.2, -0.15) is 0 Å². The standard InChI is InChI=1S/C18H21BrClNO/c1-11-4-14(2-3-15(11)19)21-16(22)17-6-12-5-13(7-17)9-18(20,8-12)10-17/h2-4,12-13H,5-10H2,1H3,(H,21,22)/t12-,13+,17?,18?. The molecule has 4 bridgehead atoms. The van der Waals surface area contributed by atoms with Gasteiger partial charge in [0.25, 0.3) is 0 Å². The Balaban J connectivity index is 1.58. The van der Waals surface area contributed by atoms with Gasteiger partial charge in [0.15, 0.2) is 0 Å². The van der Waals surface area contributed by atoms with E-state index in [0.717, 1.165) is 47.8 Å². The van der Waals surface area contributed by atoms with E-state index >= 15 is 0 Å². The van der Waals surface area contributed by atoms with Crippen LogP contribution in [0.1, 0.15) is 44.1 Å². The number of halogens is 2. The number of alkyl halides is 1. The number of nitrogens with one attached hydrogen (secondary N) is 1. The van der Waals surface area contributed by atoms with E-state index in [1.807, 2.05) is 25.1 Å². The molecule has 1 aromatic carbocycles. The molecule has 4 aliphatic carbocycles. The SMILES string of the molecule is Cc1cc(NC(=O)C23C[C@@H]4C[C@@H](CC(Cl)(C4)C2)C3)ccc1Br. The van der Waals surface area contributed by atoms with Crippen molar-refractivity contribution in [2.45, 2.75) is 50.3 Å². The molecule has 4 saturated carbocycles. The minimum Gasteiger partial charge on any atom is -0.326 e. The summed E-state index contributed by atoms with van der Waals surface area (Å²) in [7, 11) is 0. The highest BCUT2D eigenvalue weighted by atomic mass is 79.9. The van der Waals surface area contributed by atoms with Crippen molar-refractivity contribution >= 4 is 39.1 Å². The van der Waals surface area contributed by atoms with Gasteiger partial charge in [0.2, 0.25) is 5.91 Å². The van der Waals surface area contributed by atoms with E-state index in [4.69, 9.17) is 11.6 Å². The van der Waals surface area contributed by atoms with E-state index < -0.39 is 0 Å². The molecular formula is C18H21BrClNO. The van der Waals surface area contributed by atoms with E-state index in [0.29, 0.717) is 11.8 Å². The van der Waals surface area contributed by atoms with E-state index in [2.05, 4.69) is 21.2 Å².